The number of halogens is 1. The third-order valence-electron chi connectivity index (χ3n) is 1.03. The van der Waals surface area contributed by atoms with Gasteiger partial charge in [0.1, 0.15) is 0 Å². The molecule has 1 heterocycles. The van der Waals surface area contributed by atoms with Gasteiger partial charge in [0.2, 0.25) is 0 Å². The Morgan fingerprint density at radius 2 is 2.12 bits per heavy atom. The van der Waals surface area contributed by atoms with Gasteiger partial charge in [0.25, 0.3) is 0 Å². The first-order valence-corrected chi connectivity index (χ1v) is 2.28. The summed E-state index contributed by atoms with van der Waals surface area (Å²) in [6, 6.07) is 0. The first kappa shape index (κ1) is 11.0. The second kappa shape index (κ2) is 5.31. The van der Waals surface area contributed by atoms with E-state index in [2.05, 4.69) is 5.32 Å². The van der Waals surface area contributed by atoms with Crippen LogP contribution in [0.15, 0.2) is 0 Å². The highest BCUT2D eigenvalue weighted by molar-refractivity contribution is 5.85. The maximum atomic E-state index is 8.67. The van der Waals surface area contributed by atoms with E-state index in [0.717, 1.165) is 19.5 Å². The molecule has 1 aliphatic heterocycles. The third kappa shape index (κ3) is 3.21. The zero-order valence-electron chi connectivity index (χ0n) is 4.55. The zero-order valence-corrected chi connectivity index (χ0v) is 5.37. The summed E-state index contributed by atoms with van der Waals surface area (Å²) in [6.07, 6.45) is 0.866. The smallest absolute Gasteiger partial charge is 0.0676 e. The van der Waals surface area contributed by atoms with E-state index in [1.165, 1.54) is 0 Å². The average molecular weight is 142 g/mol. The Morgan fingerprint density at radius 3 is 2.25 bits per heavy atom. The van der Waals surface area contributed by atoms with E-state index in [1.807, 2.05) is 0 Å². The summed E-state index contributed by atoms with van der Waals surface area (Å²) in [7, 11) is 0. The number of hydrogen-bond donors (Lipinski definition) is 2. The van der Waals surface area contributed by atoms with Gasteiger partial charge in [-0.05, 0) is 13.0 Å². The summed E-state index contributed by atoms with van der Waals surface area (Å²) < 4.78 is 0. The lowest BCUT2D eigenvalue weighted by Crippen LogP contribution is -2.11. The highest BCUT2D eigenvalue weighted by atomic mass is 35.5. The Morgan fingerprint density at radius 1 is 1.50 bits per heavy atom. The lowest BCUT2D eigenvalue weighted by atomic mass is 10.3. The van der Waals surface area contributed by atoms with E-state index >= 15 is 0 Å². The fourth-order valence-corrected chi connectivity index (χ4v) is 0.639. The fourth-order valence-electron chi connectivity index (χ4n) is 0.639. The number of rotatable bonds is 0. The number of aliphatic hydroxyl groups is 1. The van der Waals surface area contributed by atoms with Crippen molar-refractivity contribution in [2.45, 2.75) is 12.5 Å². The Balaban J connectivity index is 0. The number of β-amino-alcohol motifs (C(OH)–C–C–N with tert-alkyl or cyclic N) is 1. The fraction of sp³-hybridized carbons (Fsp3) is 1.00. The maximum Gasteiger partial charge on any atom is 0.0676 e. The largest absolute Gasteiger partial charge is 0.412 e. The molecule has 4 N–H and O–H groups in total. The molecule has 0 spiro atoms. The molecule has 0 amide bonds. The van der Waals surface area contributed by atoms with Gasteiger partial charge in [-0.25, -0.2) is 0 Å². The molecular weight excluding hydrogens is 130 g/mol. The van der Waals surface area contributed by atoms with E-state index in [-0.39, 0.29) is 24.0 Å². The van der Waals surface area contributed by atoms with Crippen LogP contribution in [0.2, 0.25) is 0 Å². The van der Waals surface area contributed by atoms with E-state index in [1.54, 1.807) is 0 Å². The van der Waals surface area contributed by atoms with Crippen molar-refractivity contribution in [1.29, 1.82) is 0 Å². The lowest BCUT2D eigenvalue weighted by Gasteiger charge is -1.90. The second-order valence-electron chi connectivity index (χ2n) is 1.65. The molecule has 0 aromatic heterocycles. The highest BCUT2D eigenvalue weighted by Gasteiger charge is 2.08. The first-order chi connectivity index (χ1) is 2.89. The summed E-state index contributed by atoms with van der Waals surface area (Å²) in [5.74, 6) is 0. The molecule has 3 nitrogen and oxygen atoms in total. The minimum Gasteiger partial charge on any atom is -0.412 e. The Kier molecular flexibility index (Phi) is 7.32. The molecule has 0 aromatic rings. The van der Waals surface area contributed by atoms with E-state index in [0.29, 0.717) is 0 Å². The summed E-state index contributed by atoms with van der Waals surface area (Å²) >= 11 is 0. The topological polar surface area (TPSA) is 63.8 Å². The molecule has 8 heavy (non-hydrogen) atoms. The minimum absolute atomic E-state index is 0. The van der Waals surface area contributed by atoms with Gasteiger partial charge in [0.15, 0.2) is 0 Å². The lowest BCUT2D eigenvalue weighted by molar-refractivity contribution is 0.196. The first-order valence-electron chi connectivity index (χ1n) is 2.28. The standard InChI is InChI=1S/C4H9NO.ClH.H2O/c6-4-1-2-5-3-4;;/h4-6H,1-3H2;1H;1H2. The molecule has 1 rings (SSSR count). The zero-order chi connectivity index (χ0) is 4.41. The monoisotopic (exact) mass is 141 g/mol. The molecule has 0 saturated carbocycles. The van der Waals surface area contributed by atoms with Crippen LogP contribution >= 0.6 is 12.4 Å². The van der Waals surface area contributed by atoms with Gasteiger partial charge in [0, 0.05) is 6.54 Å². The van der Waals surface area contributed by atoms with Gasteiger partial charge < -0.3 is 15.9 Å². The molecule has 52 valence electrons. The third-order valence-corrected chi connectivity index (χ3v) is 1.03. The normalized spacial score (nSPS) is 25.9. The van der Waals surface area contributed by atoms with E-state index in [4.69, 9.17) is 5.11 Å². The van der Waals surface area contributed by atoms with Crippen molar-refractivity contribution in [2.24, 2.45) is 0 Å². The van der Waals surface area contributed by atoms with Gasteiger partial charge in [-0.2, -0.15) is 0 Å². The predicted molar refractivity (Wildman–Crippen MR) is 34.4 cm³/mol. The van der Waals surface area contributed by atoms with Crippen LogP contribution in [0.25, 0.3) is 0 Å². The van der Waals surface area contributed by atoms with Crippen molar-refractivity contribution in [1.82, 2.24) is 5.32 Å². The summed E-state index contributed by atoms with van der Waals surface area (Å²) in [5, 5.41) is 11.7. The van der Waals surface area contributed by atoms with Crippen molar-refractivity contribution in [3.05, 3.63) is 0 Å². The summed E-state index contributed by atoms with van der Waals surface area (Å²) in [4.78, 5) is 0. The van der Waals surface area contributed by atoms with Crippen LogP contribution in [-0.4, -0.2) is 29.8 Å². The van der Waals surface area contributed by atoms with Crippen LogP contribution in [0.4, 0.5) is 0 Å². The van der Waals surface area contributed by atoms with Gasteiger partial charge >= 0.3 is 0 Å². The van der Waals surface area contributed by atoms with Crippen LogP contribution in [0.1, 0.15) is 6.42 Å². The summed E-state index contributed by atoms with van der Waals surface area (Å²) in [6.45, 7) is 1.78. The van der Waals surface area contributed by atoms with E-state index in [9.17, 15) is 0 Å². The molecule has 0 aliphatic carbocycles. The second-order valence-corrected chi connectivity index (χ2v) is 1.65. The van der Waals surface area contributed by atoms with Crippen LogP contribution < -0.4 is 5.32 Å². The summed E-state index contributed by atoms with van der Waals surface area (Å²) in [5.41, 5.74) is 0. The molecule has 1 saturated heterocycles. The van der Waals surface area contributed by atoms with Crippen molar-refractivity contribution in [2.75, 3.05) is 13.1 Å². The number of hydrogen-bond acceptors (Lipinski definition) is 2. The molecule has 1 unspecified atom stereocenters. The minimum atomic E-state index is -0.0648. The molecule has 1 fully saturated rings. The molecule has 0 radical (unpaired) electrons. The van der Waals surface area contributed by atoms with Crippen molar-refractivity contribution >= 4 is 12.4 Å². The number of nitrogens with one attached hydrogen (secondary N) is 1. The molecule has 0 bridgehead atoms. The molecule has 1 atom stereocenters. The predicted octanol–water partition coefficient (Wildman–Crippen LogP) is -1.06. The van der Waals surface area contributed by atoms with Crippen LogP contribution in [-0.2, 0) is 0 Å². The van der Waals surface area contributed by atoms with Gasteiger partial charge in [0.05, 0.1) is 6.10 Å². The van der Waals surface area contributed by atoms with Crippen LogP contribution in [0.5, 0.6) is 0 Å². The van der Waals surface area contributed by atoms with Crippen molar-refractivity contribution < 1.29 is 10.6 Å². The maximum absolute atomic E-state index is 8.67. The average Bonchev–Trinajstić information content (AvgIpc) is 1.86. The van der Waals surface area contributed by atoms with Gasteiger partial charge in [-0.3, -0.25) is 0 Å². The van der Waals surface area contributed by atoms with Crippen molar-refractivity contribution in [3.63, 3.8) is 0 Å². The van der Waals surface area contributed by atoms with Crippen molar-refractivity contribution in [3.8, 4) is 0 Å². The molecule has 0 aromatic carbocycles. The number of aliphatic hydroxyl groups excluding tert-OH is 1. The SMILES string of the molecule is Cl.O.OC1CCNC1. The van der Waals surface area contributed by atoms with Gasteiger partial charge in [-0.1, -0.05) is 0 Å². The molecular formula is C4H12ClNO2. The Labute approximate surface area is 54.8 Å². The highest BCUT2D eigenvalue weighted by Crippen LogP contribution is 1.93. The van der Waals surface area contributed by atoms with Crippen LogP contribution in [0, 0.1) is 0 Å². The van der Waals surface area contributed by atoms with Gasteiger partial charge in [-0.15, -0.1) is 12.4 Å². The molecule has 1 aliphatic rings. The molecule has 4 heteroatoms. The Hall–Kier alpha value is 0.170. The van der Waals surface area contributed by atoms with E-state index < -0.39 is 0 Å². The van der Waals surface area contributed by atoms with Crippen LogP contribution in [0.3, 0.4) is 0 Å². The Bertz CT molecular complexity index is 47.3. The quantitative estimate of drug-likeness (QED) is 0.452.